The van der Waals surface area contributed by atoms with E-state index in [4.69, 9.17) is 14.4 Å². The Hall–Kier alpha value is -6.82. The lowest BCUT2D eigenvalue weighted by molar-refractivity contribution is 0.668. The highest BCUT2D eigenvalue weighted by molar-refractivity contribution is 7.26. The molecule has 4 aromatic heterocycles. The molecule has 12 aromatic rings. The third-order valence-corrected chi connectivity index (χ3v) is 11.9. The van der Waals surface area contributed by atoms with Crippen molar-refractivity contribution in [2.75, 3.05) is 0 Å². The highest BCUT2D eigenvalue weighted by Crippen LogP contribution is 2.43. The molecule has 8 aromatic carbocycles. The van der Waals surface area contributed by atoms with Crippen LogP contribution in [0, 0.1) is 0 Å². The van der Waals surface area contributed by atoms with Gasteiger partial charge in [-0.25, -0.2) is 9.97 Å². The highest BCUT2D eigenvalue weighted by atomic mass is 32.1. The van der Waals surface area contributed by atoms with Gasteiger partial charge in [0.05, 0.1) is 26.9 Å². The van der Waals surface area contributed by atoms with Crippen LogP contribution < -0.4 is 0 Å². The number of rotatable bonds is 3. The third kappa shape index (κ3) is 4.17. The second kappa shape index (κ2) is 10.8. The molecule has 0 bridgehead atoms. The molecule has 0 spiro atoms. The Morgan fingerprint density at radius 1 is 0.509 bits per heavy atom. The molecule has 5 heteroatoms. The van der Waals surface area contributed by atoms with Crippen molar-refractivity contribution < 1.29 is 4.42 Å². The minimum absolute atomic E-state index is 0.690. The second-order valence-electron chi connectivity index (χ2n) is 13.7. The number of fused-ring (bicyclic) bond motifs is 12. The molecular weight excluding hydrogens is 667 g/mol. The first kappa shape index (κ1) is 28.8. The smallest absolute Gasteiger partial charge is 0.161 e. The summed E-state index contributed by atoms with van der Waals surface area (Å²) in [6, 6.07) is 58.2. The predicted octanol–water partition coefficient (Wildman–Crippen LogP) is 13.5. The monoisotopic (exact) mass is 693 g/mol. The zero-order chi connectivity index (χ0) is 34.6. The average Bonchev–Trinajstić information content (AvgIpc) is 3.89. The van der Waals surface area contributed by atoms with Crippen LogP contribution in [0.1, 0.15) is 0 Å². The zero-order valence-electron chi connectivity index (χ0n) is 28.2. The summed E-state index contributed by atoms with van der Waals surface area (Å²) in [6.45, 7) is 0. The van der Waals surface area contributed by atoms with Crippen LogP contribution in [-0.2, 0) is 0 Å². The standard InChI is InChI=1S/C48H27N3OS/c1-2-12-30-26-31(21-20-28(30)10-1)44-47-45(37-15-6-8-19-42(37)53-47)50-48(49-44)38-16-9-18-40-43(38)36-25-23-32(27-41(36)52-40)51-39-17-7-5-14-34(39)35-24-22-29-11-3-4-13-33(29)46(35)51/h1-27H. The Labute approximate surface area is 306 Å². The van der Waals surface area contributed by atoms with Gasteiger partial charge in [0.25, 0.3) is 0 Å². The fourth-order valence-corrected chi connectivity index (χ4v) is 9.54. The topological polar surface area (TPSA) is 43.9 Å². The minimum atomic E-state index is 0.690. The van der Waals surface area contributed by atoms with Crippen molar-refractivity contribution in [1.82, 2.24) is 14.5 Å². The summed E-state index contributed by atoms with van der Waals surface area (Å²) in [5.74, 6) is 0.690. The zero-order valence-corrected chi connectivity index (χ0v) is 29.1. The molecule has 0 radical (unpaired) electrons. The Morgan fingerprint density at radius 2 is 1.26 bits per heavy atom. The molecule has 0 saturated heterocycles. The summed E-state index contributed by atoms with van der Waals surface area (Å²) in [5.41, 5.74) is 9.02. The number of benzene rings is 8. The summed E-state index contributed by atoms with van der Waals surface area (Å²) in [7, 11) is 0. The molecule has 0 atom stereocenters. The largest absolute Gasteiger partial charge is 0.456 e. The SMILES string of the molecule is c1ccc2cc(-c3nc(-c4cccc5oc6cc(-n7c8ccccc8c8ccc9ccccc9c87)ccc6c45)nc4c3sc3ccccc34)ccc2c1. The van der Waals surface area contributed by atoms with Gasteiger partial charge in [0.1, 0.15) is 11.2 Å². The van der Waals surface area contributed by atoms with Crippen molar-refractivity contribution in [3.63, 3.8) is 0 Å². The molecule has 53 heavy (non-hydrogen) atoms. The lowest BCUT2D eigenvalue weighted by Gasteiger charge is -2.10. The second-order valence-corrected chi connectivity index (χ2v) is 14.8. The number of aromatic nitrogens is 3. The van der Waals surface area contributed by atoms with Gasteiger partial charge in [-0.3, -0.25) is 0 Å². The first-order valence-corrected chi connectivity index (χ1v) is 18.6. The Morgan fingerprint density at radius 3 is 2.19 bits per heavy atom. The number of hydrogen-bond donors (Lipinski definition) is 0. The normalized spacial score (nSPS) is 12.2. The molecule has 4 heterocycles. The van der Waals surface area contributed by atoms with E-state index < -0.39 is 0 Å². The molecule has 0 aliphatic carbocycles. The number of nitrogens with zero attached hydrogens (tertiary/aromatic N) is 3. The summed E-state index contributed by atoms with van der Waals surface area (Å²) in [6.07, 6.45) is 0. The van der Waals surface area contributed by atoms with Gasteiger partial charge in [0.2, 0.25) is 0 Å². The van der Waals surface area contributed by atoms with Crippen LogP contribution in [0.2, 0.25) is 0 Å². The van der Waals surface area contributed by atoms with E-state index in [1.165, 1.54) is 48.1 Å². The van der Waals surface area contributed by atoms with Crippen molar-refractivity contribution in [3.8, 4) is 28.3 Å². The van der Waals surface area contributed by atoms with Crippen molar-refractivity contribution in [1.29, 1.82) is 0 Å². The van der Waals surface area contributed by atoms with Crippen molar-refractivity contribution in [2.24, 2.45) is 0 Å². The number of para-hydroxylation sites is 1. The molecule has 0 aliphatic rings. The first-order chi connectivity index (χ1) is 26.3. The molecule has 4 nitrogen and oxygen atoms in total. The molecule has 0 N–H and O–H groups in total. The summed E-state index contributed by atoms with van der Waals surface area (Å²) in [5, 5.41) is 10.5. The number of hydrogen-bond acceptors (Lipinski definition) is 4. The number of thiophene rings is 1. The van der Waals surface area contributed by atoms with Crippen LogP contribution in [0.4, 0.5) is 0 Å². The van der Waals surface area contributed by atoms with E-state index in [-0.39, 0.29) is 0 Å². The van der Waals surface area contributed by atoms with Gasteiger partial charge in [-0.2, -0.15) is 0 Å². The van der Waals surface area contributed by atoms with E-state index in [1.807, 2.05) is 0 Å². The van der Waals surface area contributed by atoms with E-state index >= 15 is 0 Å². The summed E-state index contributed by atoms with van der Waals surface area (Å²) < 4.78 is 11.4. The minimum Gasteiger partial charge on any atom is -0.456 e. The van der Waals surface area contributed by atoms with Crippen LogP contribution in [0.25, 0.3) is 114 Å². The first-order valence-electron chi connectivity index (χ1n) is 17.8. The van der Waals surface area contributed by atoms with Crippen molar-refractivity contribution in [2.45, 2.75) is 0 Å². The Balaban J connectivity index is 1.10. The maximum atomic E-state index is 6.70. The van der Waals surface area contributed by atoms with Crippen molar-refractivity contribution in [3.05, 3.63) is 164 Å². The van der Waals surface area contributed by atoms with E-state index in [2.05, 4.69) is 168 Å². The average molecular weight is 694 g/mol. The van der Waals surface area contributed by atoms with Crippen LogP contribution in [-0.4, -0.2) is 14.5 Å². The van der Waals surface area contributed by atoms with Crippen LogP contribution in [0.3, 0.4) is 0 Å². The Bertz CT molecular complexity index is 3480. The molecular formula is C48H27N3OS. The summed E-state index contributed by atoms with van der Waals surface area (Å²) in [4.78, 5) is 10.7. The van der Waals surface area contributed by atoms with Crippen molar-refractivity contribution >= 4 is 96.9 Å². The van der Waals surface area contributed by atoms with Gasteiger partial charge in [-0.15, -0.1) is 11.3 Å². The van der Waals surface area contributed by atoms with Crippen LogP contribution >= 0.6 is 11.3 Å². The molecule has 0 amide bonds. The molecule has 12 rings (SSSR count). The van der Waals surface area contributed by atoms with Gasteiger partial charge in [0.15, 0.2) is 5.82 Å². The fraction of sp³-hybridized carbons (Fsp3) is 0. The predicted molar refractivity (Wildman–Crippen MR) is 222 cm³/mol. The van der Waals surface area contributed by atoms with E-state index in [0.717, 1.165) is 60.0 Å². The van der Waals surface area contributed by atoms with E-state index in [0.29, 0.717) is 5.82 Å². The molecule has 0 aliphatic heterocycles. The van der Waals surface area contributed by atoms with E-state index in [1.54, 1.807) is 11.3 Å². The Kier molecular flexibility index (Phi) is 5.90. The molecule has 0 unspecified atom stereocenters. The highest BCUT2D eigenvalue weighted by Gasteiger charge is 2.21. The molecule has 246 valence electrons. The number of furan rings is 1. The lowest BCUT2D eigenvalue weighted by Crippen LogP contribution is -1.95. The van der Waals surface area contributed by atoms with E-state index in [9.17, 15) is 0 Å². The fourth-order valence-electron chi connectivity index (χ4n) is 8.38. The van der Waals surface area contributed by atoms with Crippen LogP contribution in [0.5, 0.6) is 0 Å². The van der Waals surface area contributed by atoms with Gasteiger partial charge >= 0.3 is 0 Å². The van der Waals surface area contributed by atoms with Gasteiger partial charge in [-0.1, -0.05) is 121 Å². The van der Waals surface area contributed by atoms with Gasteiger partial charge in [0, 0.05) is 59.9 Å². The van der Waals surface area contributed by atoms with Gasteiger partial charge < -0.3 is 8.98 Å². The maximum Gasteiger partial charge on any atom is 0.161 e. The van der Waals surface area contributed by atoms with Gasteiger partial charge in [-0.05, 0) is 52.6 Å². The maximum absolute atomic E-state index is 6.70. The molecule has 0 saturated carbocycles. The third-order valence-electron chi connectivity index (χ3n) is 10.8. The van der Waals surface area contributed by atoms with Crippen LogP contribution in [0.15, 0.2) is 168 Å². The summed E-state index contributed by atoms with van der Waals surface area (Å²) >= 11 is 1.76. The quantitative estimate of drug-likeness (QED) is 0.185. The lowest BCUT2D eigenvalue weighted by atomic mass is 10.0. The molecule has 0 fully saturated rings.